The number of aryl methyl sites for hydroxylation is 2. The predicted octanol–water partition coefficient (Wildman–Crippen LogP) is 2.48. The maximum absolute atomic E-state index is 13.2. The van der Waals surface area contributed by atoms with Crippen LogP contribution in [-0.2, 0) is 20.7 Å². The summed E-state index contributed by atoms with van der Waals surface area (Å²) in [7, 11) is 1.65. The molecule has 2 fully saturated rings. The van der Waals surface area contributed by atoms with Crippen LogP contribution >= 0.6 is 0 Å². The van der Waals surface area contributed by atoms with Gasteiger partial charge in [0.25, 0.3) is 0 Å². The summed E-state index contributed by atoms with van der Waals surface area (Å²) in [6.07, 6.45) is 3.80. The van der Waals surface area contributed by atoms with Crippen LogP contribution in [-0.4, -0.2) is 60.5 Å². The number of rotatable bonds is 5. The molecule has 1 aromatic rings. The Labute approximate surface area is 156 Å². The van der Waals surface area contributed by atoms with E-state index in [0.29, 0.717) is 26.1 Å². The molecule has 2 aliphatic heterocycles. The Balaban J connectivity index is 1.79. The number of ether oxygens (including phenoxy) is 1. The Morgan fingerprint density at radius 1 is 1.19 bits per heavy atom. The summed E-state index contributed by atoms with van der Waals surface area (Å²) in [4.78, 5) is 30.1. The van der Waals surface area contributed by atoms with Crippen LogP contribution in [0.15, 0.2) is 18.2 Å². The van der Waals surface area contributed by atoms with Gasteiger partial charge in [0.15, 0.2) is 0 Å². The van der Waals surface area contributed by atoms with E-state index in [-0.39, 0.29) is 11.8 Å². The zero-order valence-electron chi connectivity index (χ0n) is 16.2. The molecule has 0 bridgehead atoms. The molecule has 0 aliphatic carbocycles. The molecule has 2 saturated heterocycles. The topological polar surface area (TPSA) is 49.9 Å². The van der Waals surface area contributed by atoms with Crippen LogP contribution < -0.4 is 0 Å². The van der Waals surface area contributed by atoms with Gasteiger partial charge in [-0.2, -0.15) is 0 Å². The van der Waals surface area contributed by atoms with Crippen LogP contribution in [0.1, 0.15) is 42.4 Å². The first-order chi connectivity index (χ1) is 12.5. The maximum atomic E-state index is 13.2. The summed E-state index contributed by atoms with van der Waals surface area (Å²) in [6, 6.07) is 6.22. The molecule has 1 unspecified atom stereocenters. The zero-order valence-corrected chi connectivity index (χ0v) is 16.2. The summed E-state index contributed by atoms with van der Waals surface area (Å²) >= 11 is 0. The number of hydrogen-bond acceptors (Lipinski definition) is 3. The number of carbonyl (C=O) groups is 2. The molecule has 1 spiro atoms. The summed E-state index contributed by atoms with van der Waals surface area (Å²) in [5.41, 5.74) is 2.74. The minimum atomic E-state index is -0.624. The highest BCUT2D eigenvalue weighted by Crippen LogP contribution is 2.38. The fourth-order valence-electron chi connectivity index (χ4n) is 4.45. The summed E-state index contributed by atoms with van der Waals surface area (Å²) < 4.78 is 5.15. The Morgan fingerprint density at radius 2 is 1.92 bits per heavy atom. The Hall–Kier alpha value is -1.88. The van der Waals surface area contributed by atoms with Crippen LogP contribution in [0.2, 0.25) is 0 Å². The second-order valence-corrected chi connectivity index (χ2v) is 7.68. The van der Waals surface area contributed by atoms with Gasteiger partial charge < -0.3 is 14.5 Å². The quantitative estimate of drug-likeness (QED) is 0.812. The highest BCUT2D eigenvalue weighted by molar-refractivity contribution is 5.93. The number of carbonyl (C=O) groups excluding carboxylic acids is 2. The van der Waals surface area contributed by atoms with Crippen molar-refractivity contribution in [3.8, 4) is 0 Å². The van der Waals surface area contributed by atoms with Gasteiger partial charge in [-0.25, -0.2) is 0 Å². The molecule has 2 aliphatic rings. The maximum Gasteiger partial charge on any atom is 0.248 e. The summed E-state index contributed by atoms with van der Waals surface area (Å²) in [6.45, 7) is 6.69. The third-order valence-electron chi connectivity index (χ3n) is 5.91. The van der Waals surface area contributed by atoms with Gasteiger partial charge in [0.2, 0.25) is 11.8 Å². The molecule has 0 saturated carbocycles. The standard InChI is InChI=1S/C21H30N2O3/c1-16-6-7-17(2)18(14-16)15-19(24)23-11-5-9-21(23)8-4-10-22(20(21)25)12-13-26-3/h6-7,14H,4-5,8-13,15H2,1-3H3. The normalized spacial score (nSPS) is 23.1. The second kappa shape index (κ2) is 7.78. The zero-order chi connectivity index (χ0) is 18.7. The molecule has 26 heavy (non-hydrogen) atoms. The van der Waals surface area contributed by atoms with Gasteiger partial charge in [0, 0.05) is 26.7 Å². The van der Waals surface area contributed by atoms with Gasteiger partial charge in [0.05, 0.1) is 13.0 Å². The Bertz CT molecular complexity index is 688. The number of hydrogen-bond donors (Lipinski definition) is 0. The molecule has 2 amide bonds. The first-order valence-corrected chi connectivity index (χ1v) is 9.63. The second-order valence-electron chi connectivity index (χ2n) is 7.68. The van der Waals surface area contributed by atoms with Crippen molar-refractivity contribution in [3.63, 3.8) is 0 Å². The lowest BCUT2D eigenvalue weighted by molar-refractivity contribution is -0.155. The van der Waals surface area contributed by atoms with Crippen molar-refractivity contribution in [2.24, 2.45) is 0 Å². The van der Waals surface area contributed by atoms with Gasteiger partial charge in [-0.3, -0.25) is 9.59 Å². The van der Waals surface area contributed by atoms with E-state index in [1.165, 1.54) is 0 Å². The predicted molar refractivity (Wildman–Crippen MR) is 101 cm³/mol. The van der Waals surface area contributed by atoms with Crippen molar-refractivity contribution >= 4 is 11.8 Å². The molecule has 0 N–H and O–H groups in total. The lowest BCUT2D eigenvalue weighted by Gasteiger charge is -2.44. The average Bonchev–Trinajstić information content (AvgIpc) is 3.04. The van der Waals surface area contributed by atoms with Gasteiger partial charge in [0.1, 0.15) is 5.54 Å². The third-order valence-corrected chi connectivity index (χ3v) is 5.91. The molecule has 142 valence electrons. The van der Waals surface area contributed by atoms with Crippen LogP contribution in [0, 0.1) is 13.8 Å². The van der Waals surface area contributed by atoms with Gasteiger partial charge in [-0.15, -0.1) is 0 Å². The number of methoxy groups -OCH3 is 1. The van der Waals surface area contributed by atoms with Crippen LogP contribution in [0.3, 0.4) is 0 Å². The molecule has 1 atom stereocenters. The van der Waals surface area contributed by atoms with Crippen molar-refractivity contribution in [2.45, 2.75) is 51.5 Å². The van der Waals surface area contributed by atoms with E-state index in [0.717, 1.165) is 48.9 Å². The van der Waals surface area contributed by atoms with Gasteiger partial charge >= 0.3 is 0 Å². The van der Waals surface area contributed by atoms with E-state index < -0.39 is 5.54 Å². The summed E-state index contributed by atoms with van der Waals surface area (Å²) in [5, 5.41) is 0. The third kappa shape index (κ3) is 3.50. The lowest BCUT2D eigenvalue weighted by atomic mass is 9.85. The largest absolute Gasteiger partial charge is 0.383 e. The monoisotopic (exact) mass is 358 g/mol. The van der Waals surface area contributed by atoms with Crippen molar-refractivity contribution in [1.82, 2.24) is 9.80 Å². The van der Waals surface area contributed by atoms with Crippen molar-refractivity contribution in [1.29, 1.82) is 0 Å². The van der Waals surface area contributed by atoms with E-state index >= 15 is 0 Å². The first kappa shape index (κ1) is 18.9. The fourth-order valence-corrected chi connectivity index (χ4v) is 4.45. The summed E-state index contributed by atoms with van der Waals surface area (Å²) in [5.74, 6) is 0.200. The molecular weight excluding hydrogens is 328 g/mol. The molecular formula is C21H30N2O3. The van der Waals surface area contributed by atoms with Gasteiger partial charge in [-0.1, -0.05) is 23.8 Å². The van der Waals surface area contributed by atoms with E-state index in [2.05, 4.69) is 18.2 Å². The number of likely N-dealkylation sites (tertiary alicyclic amines) is 2. The number of benzene rings is 1. The molecule has 3 rings (SSSR count). The Morgan fingerprint density at radius 3 is 2.65 bits per heavy atom. The fraction of sp³-hybridized carbons (Fsp3) is 0.619. The molecule has 0 radical (unpaired) electrons. The molecule has 5 nitrogen and oxygen atoms in total. The first-order valence-electron chi connectivity index (χ1n) is 9.63. The Kier molecular flexibility index (Phi) is 5.66. The number of amides is 2. The van der Waals surface area contributed by atoms with Gasteiger partial charge in [-0.05, 0) is 50.7 Å². The smallest absolute Gasteiger partial charge is 0.248 e. The molecule has 2 heterocycles. The highest BCUT2D eigenvalue weighted by atomic mass is 16.5. The van der Waals surface area contributed by atoms with Crippen LogP contribution in [0.5, 0.6) is 0 Å². The average molecular weight is 358 g/mol. The van der Waals surface area contributed by atoms with Crippen molar-refractivity contribution < 1.29 is 14.3 Å². The number of piperidine rings is 1. The highest BCUT2D eigenvalue weighted by Gasteiger charge is 2.52. The van der Waals surface area contributed by atoms with Crippen LogP contribution in [0.4, 0.5) is 0 Å². The van der Waals surface area contributed by atoms with E-state index in [4.69, 9.17) is 4.74 Å². The van der Waals surface area contributed by atoms with E-state index in [9.17, 15) is 9.59 Å². The van der Waals surface area contributed by atoms with Crippen molar-refractivity contribution in [3.05, 3.63) is 34.9 Å². The molecule has 0 aromatic heterocycles. The van der Waals surface area contributed by atoms with E-state index in [1.54, 1.807) is 7.11 Å². The molecule has 5 heteroatoms. The molecule has 1 aromatic carbocycles. The minimum absolute atomic E-state index is 0.0816. The van der Waals surface area contributed by atoms with Crippen molar-refractivity contribution in [2.75, 3.05) is 33.4 Å². The van der Waals surface area contributed by atoms with E-state index in [1.807, 2.05) is 23.6 Å². The SMILES string of the molecule is COCCN1CCCC2(CCCN2C(=O)Cc2cc(C)ccc2C)C1=O. The minimum Gasteiger partial charge on any atom is -0.383 e. The lowest BCUT2D eigenvalue weighted by Crippen LogP contribution is -2.61. The van der Waals surface area contributed by atoms with Crippen LogP contribution in [0.25, 0.3) is 0 Å². The number of nitrogens with zero attached hydrogens (tertiary/aromatic N) is 2.